The van der Waals surface area contributed by atoms with Gasteiger partial charge < -0.3 is 11.5 Å². The van der Waals surface area contributed by atoms with Crippen molar-refractivity contribution in [1.82, 2.24) is 0 Å². The SMILES string of the molecule is NC(N)=S.[C]=O.[C]=O.[C]=O.[Cr].c1ccccc1. The van der Waals surface area contributed by atoms with Gasteiger partial charge in [0, 0.05) is 17.4 Å². The van der Waals surface area contributed by atoms with Crippen LogP contribution in [0, 0.1) is 0 Å². The maximum Gasteiger partial charge on any atom is 0.281 e. The normalized spacial score (nSPS) is 4.94. The van der Waals surface area contributed by atoms with Crippen LogP contribution in [0.5, 0.6) is 0 Å². The molecule has 90 valence electrons. The average Bonchev–Trinajstić information content (AvgIpc) is 2.38. The number of nitrogens with two attached hydrogens (primary N) is 2. The predicted molar refractivity (Wildman–Crippen MR) is 64.5 cm³/mol. The van der Waals surface area contributed by atoms with Crippen LogP contribution in [0.3, 0.4) is 0 Å². The molecule has 0 aliphatic carbocycles. The molecule has 17 heavy (non-hydrogen) atoms. The third-order valence-corrected chi connectivity index (χ3v) is 0.667. The quantitative estimate of drug-likeness (QED) is 0.635. The first-order valence-electron chi connectivity index (χ1n) is 3.39. The Balaban J connectivity index is -0.0000000390. The van der Waals surface area contributed by atoms with Crippen LogP contribution < -0.4 is 11.5 Å². The maximum atomic E-state index is 7.50. The summed E-state index contributed by atoms with van der Waals surface area (Å²) in [5, 5.41) is 0.000000000000000222. The van der Waals surface area contributed by atoms with Crippen molar-refractivity contribution in [2.24, 2.45) is 11.5 Å². The van der Waals surface area contributed by atoms with Crippen LogP contribution in [-0.4, -0.2) is 25.5 Å². The zero-order chi connectivity index (χ0) is 13.8. The summed E-state index contributed by atoms with van der Waals surface area (Å²) in [4.78, 5) is 22.5. The molecule has 5 nitrogen and oxygen atoms in total. The van der Waals surface area contributed by atoms with Gasteiger partial charge in [0.25, 0.3) is 20.4 Å². The fraction of sp³-hybridized carbons (Fsp3) is 0. The molecule has 1 rings (SSSR count). The number of thiocarbonyl (C=S) groups is 1. The van der Waals surface area contributed by atoms with Gasteiger partial charge in [0.1, 0.15) is 0 Å². The Labute approximate surface area is 117 Å². The summed E-state index contributed by atoms with van der Waals surface area (Å²) in [7, 11) is 0. The summed E-state index contributed by atoms with van der Waals surface area (Å²) >= 11 is 4.09. The van der Waals surface area contributed by atoms with Crippen LogP contribution in [0.25, 0.3) is 0 Å². The van der Waals surface area contributed by atoms with Gasteiger partial charge >= 0.3 is 0 Å². The van der Waals surface area contributed by atoms with Gasteiger partial charge in [0.15, 0.2) is 5.11 Å². The van der Waals surface area contributed by atoms with E-state index in [9.17, 15) is 0 Å². The number of carbonyl (C=O) groups excluding carboxylic acids is 3. The minimum Gasteiger partial charge on any atom is -0.377 e. The Morgan fingerprint density at radius 1 is 0.706 bits per heavy atom. The summed E-state index contributed by atoms with van der Waals surface area (Å²) in [5.41, 5.74) is 9.24. The first-order chi connectivity index (χ1) is 7.73. The molecular weight excluding hydrogens is 280 g/mol. The summed E-state index contributed by atoms with van der Waals surface area (Å²) in [6.07, 6.45) is 0. The molecule has 0 heterocycles. The van der Waals surface area contributed by atoms with E-state index in [1.54, 1.807) is 0 Å². The number of rotatable bonds is 0. The minimum atomic E-state index is 0. The van der Waals surface area contributed by atoms with Crippen LogP contribution in [0.15, 0.2) is 36.4 Å². The molecule has 4 N–H and O–H groups in total. The van der Waals surface area contributed by atoms with Crippen LogP contribution in [0.1, 0.15) is 0 Å². The van der Waals surface area contributed by atoms with E-state index in [0.717, 1.165) is 0 Å². The van der Waals surface area contributed by atoms with Crippen LogP contribution >= 0.6 is 12.2 Å². The topological polar surface area (TPSA) is 103 Å². The molecule has 0 aliphatic rings. The number of hydrogen-bond acceptors (Lipinski definition) is 4. The van der Waals surface area contributed by atoms with Crippen molar-refractivity contribution in [1.29, 1.82) is 0 Å². The van der Waals surface area contributed by atoms with Gasteiger partial charge in [0.05, 0.1) is 0 Å². The van der Waals surface area contributed by atoms with E-state index in [4.69, 9.17) is 14.4 Å². The minimum absolute atomic E-state index is 0. The molecule has 0 spiro atoms. The fourth-order valence-electron chi connectivity index (χ4n) is 0.385. The van der Waals surface area contributed by atoms with Gasteiger partial charge in [-0.25, -0.2) is 0 Å². The largest absolute Gasteiger partial charge is 0.377 e. The summed E-state index contributed by atoms with van der Waals surface area (Å²) in [6.45, 7) is 13.5. The van der Waals surface area contributed by atoms with Crippen molar-refractivity contribution in [3.63, 3.8) is 0 Å². The third kappa shape index (κ3) is 113. The van der Waals surface area contributed by atoms with Crippen molar-refractivity contribution >= 4 is 37.7 Å². The molecule has 1 aromatic rings. The van der Waals surface area contributed by atoms with E-state index in [2.05, 4.69) is 44.1 Å². The third-order valence-electron chi connectivity index (χ3n) is 0.667. The Hall–Kier alpha value is -1.55. The second kappa shape index (κ2) is 47.1. The Bertz CT molecular complexity index is 193. The molecule has 0 unspecified atom stereocenters. The molecule has 0 aliphatic heterocycles. The fourth-order valence-corrected chi connectivity index (χ4v) is 0.385. The van der Waals surface area contributed by atoms with E-state index in [-0.39, 0.29) is 22.5 Å². The summed E-state index contributed by atoms with van der Waals surface area (Å²) in [6, 6.07) is 12.0. The molecule has 0 bridgehead atoms. The smallest absolute Gasteiger partial charge is 0.281 e. The van der Waals surface area contributed by atoms with E-state index >= 15 is 0 Å². The van der Waals surface area contributed by atoms with Gasteiger partial charge in [-0.2, -0.15) is 0 Å². The zero-order valence-electron chi connectivity index (χ0n) is 8.66. The van der Waals surface area contributed by atoms with Crippen molar-refractivity contribution in [3.8, 4) is 0 Å². The van der Waals surface area contributed by atoms with Crippen molar-refractivity contribution in [2.45, 2.75) is 0 Å². The summed E-state index contributed by atoms with van der Waals surface area (Å²) < 4.78 is 0. The zero-order valence-corrected chi connectivity index (χ0v) is 10.8. The molecule has 6 radical (unpaired) electrons. The van der Waals surface area contributed by atoms with E-state index in [0.29, 0.717) is 0 Å². The molecule has 7 heteroatoms. The van der Waals surface area contributed by atoms with Gasteiger partial charge in [-0.1, -0.05) is 36.4 Å². The summed E-state index contributed by atoms with van der Waals surface area (Å²) in [5.74, 6) is 0. The van der Waals surface area contributed by atoms with Crippen molar-refractivity contribution in [2.75, 3.05) is 0 Å². The van der Waals surface area contributed by atoms with Crippen LogP contribution in [-0.2, 0) is 31.7 Å². The van der Waals surface area contributed by atoms with E-state index in [1.165, 1.54) is 0 Å². The van der Waals surface area contributed by atoms with Gasteiger partial charge in [-0.05, 0) is 12.2 Å². The standard InChI is InChI=1S/C6H6.CH4N2S.3CO.Cr/c1-2-4-6-5-3-1;2-1(3)4;3*1-2;/h1-6H;(H4,2,3,4);;;;. The van der Waals surface area contributed by atoms with Crippen LogP contribution in [0.4, 0.5) is 0 Å². The Morgan fingerprint density at radius 3 is 0.824 bits per heavy atom. The monoisotopic (exact) mass is 290 g/mol. The molecule has 0 aromatic heterocycles. The molecule has 1 aromatic carbocycles. The molecule has 0 atom stereocenters. The molecule has 0 fully saturated rings. The van der Waals surface area contributed by atoms with Gasteiger partial charge in [0.2, 0.25) is 0 Å². The number of hydrogen-bond donors (Lipinski definition) is 2. The first kappa shape index (κ1) is 29.5. The van der Waals surface area contributed by atoms with Crippen molar-refractivity contribution < 1.29 is 31.7 Å². The molecule has 0 saturated carbocycles. The van der Waals surface area contributed by atoms with Gasteiger partial charge in [-0.15, -0.1) is 0 Å². The Kier molecular flexibility index (Phi) is 81.8. The second-order valence-electron chi connectivity index (χ2n) is 1.56. The van der Waals surface area contributed by atoms with Gasteiger partial charge in [-0.3, -0.25) is 14.4 Å². The molecular formula is C10H10CrN2O3S. The van der Waals surface area contributed by atoms with Crippen molar-refractivity contribution in [3.05, 3.63) is 36.4 Å². The number of benzene rings is 1. The van der Waals surface area contributed by atoms with E-state index in [1.807, 2.05) is 36.4 Å². The molecule has 0 saturated heterocycles. The average molecular weight is 290 g/mol. The maximum absolute atomic E-state index is 7.50. The van der Waals surface area contributed by atoms with Crippen LogP contribution in [0.2, 0.25) is 0 Å². The molecule has 0 amide bonds. The van der Waals surface area contributed by atoms with E-state index < -0.39 is 0 Å². The second-order valence-corrected chi connectivity index (χ2v) is 2.03. The first-order valence-corrected chi connectivity index (χ1v) is 3.80. The Morgan fingerprint density at radius 2 is 0.765 bits per heavy atom. The predicted octanol–water partition coefficient (Wildman–Crippen LogP) is -0.318.